The van der Waals surface area contributed by atoms with Gasteiger partial charge in [-0.15, -0.1) is 11.3 Å². The van der Waals surface area contributed by atoms with Crippen molar-refractivity contribution in [2.45, 2.75) is 13.5 Å². The minimum absolute atomic E-state index is 0.579. The SMILES string of the molecule is Cc1c(-c2csc(N)n2)c2cc(Cl)ccc2n1Cc1ccccc1. The van der Waals surface area contributed by atoms with Crippen LogP contribution in [-0.4, -0.2) is 9.55 Å². The summed E-state index contributed by atoms with van der Waals surface area (Å²) in [5.74, 6) is 0. The molecule has 0 fully saturated rings. The molecule has 120 valence electrons. The maximum Gasteiger partial charge on any atom is 0.180 e. The normalized spacial score (nSPS) is 11.2. The number of thiazole rings is 1. The molecular formula is C19H16ClN3S. The summed E-state index contributed by atoms with van der Waals surface area (Å²) in [6, 6.07) is 16.5. The molecule has 0 atom stereocenters. The smallest absolute Gasteiger partial charge is 0.180 e. The maximum absolute atomic E-state index is 6.25. The van der Waals surface area contributed by atoms with Gasteiger partial charge in [-0.3, -0.25) is 0 Å². The fraction of sp³-hybridized carbons (Fsp3) is 0.105. The lowest BCUT2D eigenvalue weighted by Gasteiger charge is -2.09. The fourth-order valence-corrected chi connectivity index (χ4v) is 3.88. The van der Waals surface area contributed by atoms with Crippen molar-refractivity contribution in [3.8, 4) is 11.3 Å². The zero-order valence-corrected chi connectivity index (χ0v) is 14.7. The number of rotatable bonds is 3. The first-order valence-electron chi connectivity index (χ1n) is 7.67. The van der Waals surface area contributed by atoms with E-state index in [0.717, 1.165) is 33.7 Å². The van der Waals surface area contributed by atoms with Crippen molar-refractivity contribution < 1.29 is 0 Å². The van der Waals surface area contributed by atoms with E-state index in [4.69, 9.17) is 17.3 Å². The van der Waals surface area contributed by atoms with Crippen LogP contribution < -0.4 is 5.73 Å². The molecule has 3 nitrogen and oxygen atoms in total. The Kier molecular flexibility index (Phi) is 3.79. The summed E-state index contributed by atoms with van der Waals surface area (Å²) < 4.78 is 2.31. The minimum Gasteiger partial charge on any atom is -0.375 e. The van der Waals surface area contributed by atoms with Crippen LogP contribution >= 0.6 is 22.9 Å². The van der Waals surface area contributed by atoms with Gasteiger partial charge in [-0.2, -0.15) is 0 Å². The average Bonchev–Trinajstić information content (AvgIpc) is 3.10. The van der Waals surface area contributed by atoms with Gasteiger partial charge in [-0.1, -0.05) is 41.9 Å². The quantitative estimate of drug-likeness (QED) is 0.539. The van der Waals surface area contributed by atoms with E-state index in [1.54, 1.807) is 0 Å². The first kappa shape index (κ1) is 15.2. The number of benzene rings is 2. The van der Waals surface area contributed by atoms with Gasteiger partial charge in [0.15, 0.2) is 5.13 Å². The number of hydrogen-bond donors (Lipinski definition) is 1. The van der Waals surface area contributed by atoms with Crippen LogP contribution in [0.25, 0.3) is 22.2 Å². The van der Waals surface area contributed by atoms with Gasteiger partial charge < -0.3 is 10.3 Å². The molecule has 24 heavy (non-hydrogen) atoms. The lowest BCUT2D eigenvalue weighted by molar-refractivity contribution is 0.806. The van der Waals surface area contributed by atoms with E-state index in [-0.39, 0.29) is 0 Å². The van der Waals surface area contributed by atoms with Gasteiger partial charge in [0.25, 0.3) is 0 Å². The molecule has 2 N–H and O–H groups in total. The van der Waals surface area contributed by atoms with E-state index < -0.39 is 0 Å². The molecule has 0 amide bonds. The summed E-state index contributed by atoms with van der Waals surface area (Å²) in [5.41, 5.74) is 11.4. The Labute approximate surface area is 149 Å². The molecule has 0 saturated carbocycles. The second-order valence-electron chi connectivity index (χ2n) is 5.76. The third kappa shape index (κ3) is 2.58. The largest absolute Gasteiger partial charge is 0.375 e. The minimum atomic E-state index is 0.579. The second-order valence-corrected chi connectivity index (χ2v) is 7.09. The lowest BCUT2D eigenvalue weighted by atomic mass is 10.1. The number of halogens is 1. The van der Waals surface area contributed by atoms with Gasteiger partial charge in [0, 0.05) is 39.1 Å². The van der Waals surface area contributed by atoms with Gasteiger partial charge in [0.05, 0.1) is 5.69 Å². The van der Waals surface area contributed by atoms with Crippen LogP contribution in [0.2, 0.25) is 5.02 Å². The van der Waals surface area contributed by atoms with Gasteiger partial charge >= 0.3 is 0 Å². The van der Waals surface area contributed by atoms with E-state index in [2.05, 4.69) is 46.8 Å². The summed E-state index contributed by atoms with van der Waals surface area (Å²) in [4.78, 5) is 4.48. The van der Waals surface area contributed by atoms with Crippen molar-refractivity contribution >= 4 is 39.0 Å². The number of hydrogen-bond acceptors (Lipinski definition) is 3. The van der Waals surface area contributed by atoms with Crippen LogP contribution in [0.3, 0.4) is 0 Å². The van der Waals surface area contributed by atoms with Crippen molar-refractivity contribution in [2.24, 2.45) is 0 Å². The van der Waals surface area contributed by atoms with Gasteiger partial charge in [-0.25, -0.2) is 4.98 Å². The highest BCUT2D eigenvalue weighted by Crippen LogP contribution is 2.37. The molecule has 2 heterocycles. The predicted molar refractivity (Wildman–Crippen MR) is 103 cm³/mol. The third-order valence-corrected chi connectivity index (χ3v) is 5.16. The zero-order valence-electron chi connectivity index (χ0n) is 13.2. The predicted octanol–water partition coefficient (Wildman–Crippen LogP) is 5.36. The number of anilines is 1. The molecule has 0 radical (unpaired) electrons. The number of nitrogen functional groups attached to an aromatic ring is 1. The molecule has 2 aromatic heterocycles. The monoisotopic (exact) mass is 353 g/mol. The number of fused-ring (bicyclic) bond motifs is 1. The summed E-state index contributed by atoms with van der Waals surface area (Å²) in [6.45, 7) is 2.94. The van der Waals surface area contributed by atoms with E-state index in [9.17, 15) is 0 Å². The molecule has 0 saturated heterocycles. The summed E-state index contributed by atoms with van der Waals surface area (Å²) in [6.07, 6.45) is 0. The molecule has 0 bridgehead atoms. The Morgan fingerprint density at radius 2 is 1.96 bits per heavy atom. The van der Waals surface area contributed by atoms with Crippen molar-refractivity contribution in [3.63, 3.8) is 0 Å². The molecule has 0 spiro atoms. The Bertz CT molecular complexity index is 1020. The van der Waals surface area contributed by atoms with Crippen molar-refractivity contribution in [2.75, 3.05) is 5.73 Å². The Morgan fingerprint density at radius 1 is 1.17 bits per heavy atom. The topological polar surface area (TPSA) is 43.8 Å². The van der Waals surface area contributed by atoms with Crippen molar-refractivity contribution in [3.05, 3.63) is 70.2 Å². The molecule has 5 heteroatoms. The van der Waals surface area contributed by atoms with Crippen LogP contribution in [-0.2, 0) is 6.54 Å². The molecule has 0 aliphatic carbocycles. The molecule has 4 rings (SSSR count). The maximum atomic E-state index is 6.25. The molecular weight excluding hydrogens is 338 g/mol. The number of aromatic nitrogens is 2. The zero-order chi connectivity index (χ0) is 16.7. The third-order valence-electron chi connectivity index (χ3n) is 4.25. The molecule has 4 aromatic rings. The van der Waals surface area contributed by atoms with E-state index in [0.29, 0.717) is 5.13 Å². The molecule has 0 aliphatic rings. The van der Waals surface area contributed by atoms with Crippen LogP contribution in [0, 0.1) is 6.92 Å². The first-order chi connectivity index (χ1) is 11.6. The highest BCUT2D eigenvalue weighted by atomic mass is 35.5. The van der Waals surface area contributed by atoms with Crippen molar-refractivity contribution in [1.82, 2.24) is 9.55 Å². The molecule has 0 aliphatic heterocycles. The highest BCUT2D eigenvalue weighted by Gasteiger charge is 2.18. The van der Waals surface area contributed by atoms with Crippen LogP contribution in [0.15, 0.2) is 53.9 Å². The van der Waals surface area contributed by atoms with Crippen LogP contribution in [0.4, 0.5) is 5.13 Å². The Morgan fingerprint density at radius 3 is 2.67 bits per heavy atom. The number of nitrogens with zero attached hydrogens (tertiary/aromatic N) is 2. The van der Waals surface area contributed by atoms with Crippen LogP contribution in [0.1, 0.15) is 11.3 Å². The summed E-state index contributed by atoms with van der Waals surface area (Å²) in [5, 5.41) is 4.42. The first-order valence-corrected chi connectivity index (χ1v) is 8.93. The summed E-state index contributed by atoms with van der Waals surface area (Å²) >= 11 is 7.71. The number of nitrogens with two attached hydrogens (primary N) is 1. The average molecular weight is 354 g/mol. The lowest BCUT2D eigenvalue weighted by Crippen LogP contribution is -2.01. The van der Waals surface area contributed by atoms with Gasteiger partial charge in [0.2, 0.25) is 0 Å². The molecule has 2 aromatic carbocycles. The van der Waals surface area contributed by atoms with E-state index >= 15 is 0 Å². The van der Waals surface area contributed by atoms with E-state index in [1.165, 1.54) is 22.6 Å². The Balaban J connectivity index is 1.96. The highest BCUT2D eigenvalue weighted by molar-refractivity contribution is 7.13. The van der Waals surface area contributed by atoms with Crippen LogP contribution in [0.5, 0.6) is 0 Å². The Hall–Kier alpha value is -2.30. The van der Waals surface area contributed by atoms with Gasteiger partial charge in [-0.05, 0) is 30.7 Å². The summed E-state index contributed by atoms with van der Waals surface area (Å²) in [7, 11) is 0. The molecule has 0 unspecified atom stereocenters. The van der Waals surface area contributed by atoms with Gasteiger partial charge in [0.1, 0.15) is 0 Å². The fourth-order valence-electron chi connectivity index (χ4n) is 3.15. The van der Waals surface area contributed by atoms with Crippen molar-refractivity contribution in [1.29, 1.82) is 0 Å². The standard InChI is InChI=1S/C19H16ClN3S/c1-12-18(16-11-24-19(21)22-16)15-9-14(20)7-8-17(15)23(12)10-13-5-3-2-4-6-13/h2-9,11H,10H2,1H3,(H2,21,22). The van der Waals surface area contributed by atoms with E-state index in [1.807, 2.05) is 23.6 Å². The second kappa shape index (κ2) is 5.96.